The molecule has 0 saturated carbocycles. The van der Waals surface area contributed by atoms with Crippen molar-refractivity contribution in [3.63, 3.8) is 0 Å². The molecular formula is C99H72O5P4. The van der Waals surface area contributed by atoms with Crippen LogP contribution < -0.4 is 68.4 Å². The molecule has 1 heterocycles. The molecule has 19 rings (SSSR count). The van der Waals surface area contributed by atoms with Gasteiger partial charge in [-0.2, -0.15) is 0 Å². The van der Waals surface area contributed by atoms with Crippen molar-refractivity contribution in [1.29, 1.82) is 0 Å². The molecule has 0 unspecified atom stereocenters. The summed E-state index contributed by atoms with van der Waals surface area (Å²) in [5.41, 5.74) is 3.03. The average Bonchev–Trinajstić information content (AvgIpc) is 0.711. The van der Waals surface area contributed by atoms with E-state index in [9.17, 15) is 0 Å². The minimum absolute atomic E-state index is 0.522. The molecule has 0 fully saturated rings. The Morgan fingerprint density at radius 2 is 0.444 bits per heavy atom. The van der Waals surface area contributed by atoms with Crippen LogP contribution in [0.2, 0.25) is 0 Å². The zero-order valence-electron chi connectivity index (χ0n) is 59.4. The van der Waals surface area contributed by atoms with E-state index < -0.39 is 34.0 Å². The minimum Gasteiger partial charge on any atom is -0.455 e. The molecule has 0 aliphatic carbocycles. The van der Waals surface area contributed by atoms with Crippen molar-refractivity contribution in [3.8, 4) is 22.6 Å². The lowest BCUT2D eigenvalue weighted by Gasteiger charge is -2.38. The van der Waals surface area contributed by atoms with Crippen LogP contribution in [0.25, 0.3) is 75.8 Å². The smallest absolute Gasteiger partial charge is 0.174 e. The van der Waals surface area contributed by atoms with Crippen LogP contribution in [0.1, 0.15) is 25.0 Å². The summed E-state index contributed by atoms with van der Waals surface area (Å²) in [7, 11) is -14.2. The van der Waals surface area contributed by atoms with Gasteiger partial charge in [0.1, 0.15) is 11.5 Å². The predicted molar refractivity (Wildman–Crippen MR) is 460 cm³/mol. The summed E-state index contributed by atoms with van der Waals surface area (Å²) < 4.78 is 73.0. The van der Waals surface area contributed by atoms with Crippen LogP contribution in [0.4, 0.5) is 0 Å². The predicted octanol–water partition coefficient (Wildman–Crippen LogP) is 20.9. The molecule has 5 nitrogen and oxygen atoms in total. The van der Waals surface area contributed by atoms with Crippen LogP contribution in [0, 0.1) is 0 Å². The lowest BCUT2D eigenvalue weighted by molar-refractivity contribution is 0.424. The highest BCUT2D eigenvalue weighted by Gasteiger charge is 2.45. The Bertz CT molecular complexity index is 6120. The highest BCUT2D eigenvalue weighted by molar-refractivity contribution is 7.87. The summed E-state index contributed by atoms with van der Waals surface area (Å²) in [6, 6.07) is 134. The first-order valence-electron chi connectivity index (χ1n) is 36.4. The van der Waals surface area contributed by atoms with Crippen molar-refractivity contribution in [3.05, 3.63) is 412 Å². The number of benzene rings is 18. The van der Waals surface area contributed by atoms with Gasteiger partial charge in [0.15, 0.2) is 28.6 Å². The standard InChI is InChI=1S/C60H40O2P2.C39H32O3P2/c61-63(51-31-25-41-13-1-5-19-47(41)37-51,52-32-26-42-14-2-6-20-48(42)38-52)57-35-29-45-17-9-11-23-55(45)59(57)60-56-24-12-10-18-46(56)30-36-58(60)64(62,53-33-27-43-15-3-7-21-49(43)39-53)54-34-28-44-16-4-8-22-50(44)40-54;1-39(2)33-25-15-27-35(43(40,29-17-7-3-8-18-29)30-19-9-4-10-20-30)37(33)42-38-34(39)26-16-28-36(38)44(41,31-21-11-5-12-22-31)32-23-13-6-14-24-32/h1-40H;3-28H,1-2H3. The third-order valence-corrected chi connectivity index (χ3v) is 34.1. The Hall–Kier alpha value is -11.8. The van der Waals surface area contributed by atoms with E-state index in [-0.39, 0.29) is 0 Å². The fourth-order valence-corrected chi connectivity index (χ4v) is 27.7. The van der Waals surface area contributed by atoms with Crippen LogP contribution >= 0.6 is 28.6 Å². The Morgan fingerprint density at radius 3 is 0.741 bits per heavy atom. The van der Waals surface area contributed by atoms with Gasteiger partial charge in [-0.1, -0.05) is 366 Å². The fraction of sp³-hybridized carbons (Fsp3) is 0.0303. The van der Waals surface area contributed by atoms with Gasteiger partial charge in [-0.3, -0.25) is 0 Å². The molecule has 0 radical (unpaired) electrons. The first-order chi connectivity index (χ1) is 52.8. The maximum absolute atomic E-state index is 17.4. The molecular weight excluding hydrogens is 1390 g/mol. The first kappa shape index (κ1) is 68.1. The number of ether oxygens (including phenoxy) is 1. The van der Waals surface area contributed by atoms with Gasteiger partial charge in [0, 0.05) is 80.7 Å². The van der Waals surface area contributed by atoms with Gasteiger partial charge in [-0.15, -0.1) is 0 Å². The molecule has 1 aliphatic rings. The van der Waals surface area contributed by atoms with Crippen LogP contribution in [-0.2, 0) is 23.7 Å². The van der Waals surface area contributed by atoms with Crippen molar-refractivity contribution >= 4 is 157 Å². The van der Waals surface area contributed by atoms with Gasteiger partial charge < -0.3 is 23.0 Å². The second-order valence-electron chi connectivity index (χ2n) is 28.3. The van der Waals surface area contributed by atoms with Crippen LogP contribution in [0.3, 0.4) is 0 Å². The topological polar surface area (TPSA) is 77.5 Å². The lowest BCUT2D eigenvalue weighted by Crippen LogP contribution is -2.34. The molecule has 0 N–H and O–H groups in total. The van der Waals surface area contributed by atoms with Crippen molar-refractivity contribution in [2.45, 2.75) is 19.3 Å². The largest absolute Gasteiger partial charge is 0.455 e. The molecule has 0 bridgehead atoms. The summed E-state index contributed by atoms with van der Waals surface area (Å²) in [5.74, 6) is 1.14. The van der Waals surface area contributed by atoms with Gasteiger partial charge >= 0.3 is 0 Å². The molecule has 0 aromatic heterocycles. The van der Waals surface area contributed by atoms with Crippen LogP contribution in [0.5, 0.6) is 11.5 Å². The molecule has 18 aromatic rings. The molecule has 0 saturated heterocycles. The molecule has 18 aromatic carbocycles. The van der Waals surface area contributed by atoms with Gasteiger partial charge in [0.2, 0.25) is 0 Å². The van der Waals surface area contributed by atoms with E-state index in [1.165, 1.54) is 0 Å². The second-order valence-corrected chi connectivity index (χ2v) is 39.2. The van der Waals surface area contributed by atoms with Gasteiger partial charge in [0.25, 0.3) is 0 Å². The summed E-state index contributed by atoms with van der Waals surface area (Å²) in [5, 5.41) is 20.9. The van der Waals surface area contributed by atoms with E-state index >= 15 is 18.3 Å². The third kappa shape index (κ3) is 11.4. The summed E-state index contributed by atoms with van der Waals surface area (Å²) >= 11 is 0. The molecule has 108 heavy (non-hydrogen) atoms. The fourth-order valence-electron chi connectivity index (χ4n) is 16.3. The van der Waals surface area contributed by atoms with E-state index in [1.54, 1.807) is 0 Å². The van der Waals surface area contributed by atoms with Gasteiger partial charge in [0.05, 0.1) is 10.6 Å². The molecule has 1 aliphatic heterocycles. The van der Waals surface area contributed by atoms with Crippen molar-refractivity contribution in [2.75, 3.05) is 0 Å². The van der Waals surface area contributed by atoms with Crippen molar-refractivity contribution < 1.29 is 23.0 Å². The SMILES string of the molecule is CC1(C)c2cccc(P(=O)(c3ccccc3)c3ccccc3)c2Oc2c1cccc2P(=O)(c1ccccc1)c1ccccc1.O=P(c1ccc2ccccc2c1)(c1ccc2ccccc2c1)c1ccc2ccccc2c1-c1c(P(=O)(c2ccc3ccccc3c2)c2ccc3ccccc3c2)ccc2ccccc12. The van der Waals surface area contributed by atoms with E-state index in [0.29, 0.717) is 32.7 Å². The first-order valence-corrected chi connectivity index (χ1v) is 43.3. The number of hydrogen-bond donors (Lipinski definition) is 0. The van der Waals surface area contributed by atoms with Crippen LogP contribution in [0.15, 0.2) is 400 Å². The second kappa shape index (κ2) is 27.5. The molecule has 518 valence electrons. The summed E-state index contributed by atoms with van der Waals surface area (Å²) in [6.45, 7) is 4.32. The maximum atomic E-state index is 17.4. The number of para-hydroxylation sites is 2. The quantitative estimate of drug-likeness (QED) is 0.108. The zero-order chi connectivity index (χ0) is 73.2. The number of fused-ring (bicyclic) bond motifs is 8. The highest BCUT2D eigenvalue weighted by Crippen LogP contribution is 2.57. The Morgan fingerprint density at radius 1 is 0.204 bits per heavy atom. The van der Waals surface area contributed by atoms with E-state index in [0.717, 1.165) is 129 Å². The average molecular weight is 1470 g/mol. The zero-order valence-corrected chi connectivity index (χ0v) is 63.0. The van der Waals surface area contributed by atoms with Gasteiger partial charge in [-0.05, 0) is 113 Å². The monoisotopic (exact) mass is 1460 g/mol. The Balaban J connectivity index is 0.000000164. The third-order valence-electron chi connectivity index (χ3n) is 21.8. The maximum Gasteiger partial charge on any atom is 0.174 e. The van der Waals surface area contributed by atoms with Gasteiger partial charge in [-0.25, -0.2) is 0 Å². The number of hydrogen-bond acceptors (Lipinski definition) is 5. The molecule has 9 heteroatoms. The minimum atomic E-state index is -3.74. The Labute approximate surface area is 629 Å². The highest BCUT2D eigenvalue weighted by atomic mass is 31.2. The Kier molecular flexibility index (Phi) is 17.4. The normalized spacial score (nSPS) is 12.8. The molecule has 0 atom stereocenters. The summed E-state index contributed by atoms with van der Waals surface area (Å²) in [4.78, 5) is 0. The van der Waals surface area contributed by atoms with E-state index in [2.05, 4.69) is 220 Å². The number of rotatable bonds is 13. The van der Waals surface area contributed by atoms with E-state index in [1.807, 2.05) is 194 Å². The summed E-state index contributed by atoms with van der Waals surface area (Å²) in [6.07, 6.45) is 0. The molecule has 0 amide bonds. The van der Waals surface area contributed by atoms with Crippen LogP contribution in [-0.4, -0.2) is 0 Å². The molecule has 0 spiro atoms. The van der Waals surface area contributed by atoms with E-state index in [4.69, 9.17) is 4.74 Å². The van der Waals surface area contributed by atoms with Crippen molar-refractivity contribution in [1.82, 2.24) is 0 Å². The lowest BCUT2D eigenvalue weighted by atomic mass is 9.76. The van der Waals surface area contributed by atoms with Crippen molar-refractivity contribution in [2.24, 2.45) is 0 Å².